The van der Waals surface area contributed by atoms with E-state index in [1.165, 1.54) is 23.6 Å². The van der Waals surface area contributed by atoms with Crippen molar-refractivity contribution in [1.29, 1.82) is 0 Å². The molecule has 1 saturated heterocycles. The summed E-state index contributed by atoms with van der Waals surface area (Å²) >= 11 is 0. The molecule has 6 rings (SSSR count). The molecule has 9 heteroatoms. The predicted octanol–water partition coefficient (Wildman–Crippen LogP) is 2.52. The first-order valence-corrected chi connectivity index (χ1v) is 11.4. The third-order valence-corrected chi connectivity index (χ3v) is 6.55. The molecule has 4 atom stereocenters. The van der Waals surface area contributed by atoms with Crippen molar-refractivity contribution in [2.75, 3.05) is 20.2 Å². The Kier molecular flexibility index (Phi) is 5.26. The number of piperidine rings is 1. The Hall–Kier alpha value is -2.20. The van der Waals surface area contributed by atoms with E-state index in [0.717, 1.165) is 43.6 Å². The number of esters is 1. The molecule has 2 aromatic rings. The Bertz CT molecular complexity index is 1110. The van der Waals surface area contributed by atoms with Crippen LogP contribution in [-0.2, 0) is 31.8 Å². The first-order chi connectivity index (χ1) is 14.2. The van der Waals surface area contributed by atoms with Crippen molar-refractivity contribution < 1.29 is 27.1 Å². The zero-order valence-corrected chi connectivity index (χ0v) is 17.8. The third-order valence-electron chi connectivity index (χ3n) is 6.55. The van der Waals surface area contributed by atoms with Gasteiger partial charge >= 0.3 is 16.4 Å². The smallest absolute Gasteiger partial charge is 0.394 e. The Balaban J connectivity index is 0.000000393. The van der Waals surface area contributed by atoms with Crippen molar-refractivity contribution in [1.82, 2.24) is 9.88 Å². The van der Waals surface area contributed by atoms with Crippen molar-refractivity contribution in [3.8, 4) is 0 Å². The number of rotatable bonds is 2. The highest BCUT2D eigenvalue weighted by molar-refractivity contribution is 7.79. The van der Waals surface area contributed by atoms with Gasteiger partial charge in [-0.1, -0.05) is 36.8 Å². The van der Waals surface area contributed by atoms with Crippen LogP contribution in [0.1, 0.15) is 31.0 Å². The maximum Gasteiger partial charge on any atom is 0.394 e. The average Bonchev–Trinajstić information content (AvgIpc) is 3.04. The summed E-state index contributed by atoms with van der Waals surface area (Å²) in [6.07, 6.45) is 5.25. The zero-order chi connectivity index (χ0) is 21.7. The molecular weight excluding hydrogens is 408 g/mol. The lowest BCUT2D eigenvalue weighted by molar-refractivity contribution is -0.154. The first kappa shape index (κ1) is 21.0. The highest BCUT2D eigenvalue weighted by Crippen LogP contribution is 2.53. The third kappa shape index (κ3) is 3.35. The van der Waals surface area contributed by atoms with E-state index in [1.54, 1.807) is 0 Å². The Morgan fingerprint density at radius 3 is 2.70 bits per heavy atom. The number of para-hydroxylation sites is 1. The molecule has 1 aromatic carbocycles. The van der Waals surface area contributed by atoms with Crippen LogP contribution >= 0.6 is 0 Å². The van der Waals surface area contributed by atoms with Gasteiger partial charge in [0, 0.05) is 29.7 Å². The largest absolute Gasteiger partial charge is 0.468 e. The standard InChI is InChI=1S/C21H24N2O2.H2O4S/c1-3-14-10-13-11-21(20(24)25-2)18-16(8-9-23(12-13)19(14)21)15-6-4-5-7-17(15)22-18;1-5(2,3)4/h4-7,10,13,19,22H,3,8-9,11-12H2,1-2H3;(H2,1,2,3,4). The topological polar surface area (TPSA) is 120 Å². The molecule has 4 heterocycles. The van der Waals surface area contributed by atoms with Crippen LogP contribution in [0.4, 0.5) is 0 Å². The molecular formula is C21H26N2O6S. The molecule has 1 aliphatic carbocycles. The summed E-state index contributed by atoms with van der Waals surface area (Å²) in [6.45, 7) is 4.28. The predicted molar refractivity (Wildman–Crippen MR) is 112 cm³/mol. The number of carbonyl (C=O) groups excluding carboxylic acids is 1. The molecule has 162 valence electrons. The van der Waals surface area contributed by atoms with Crippen molar-refractivity contribution >= 4 is 27.3 Å². The molecule has 30 heavy (non-hydrogen) atoms. The van der Waals surface area contributed by atoms with Gasteiger partial charge in [-0.3, -0.25) is 18.8 Å². The minimum atomic E-state index is -4.67. The van der Waals surface area contributed by atoms with E-state index in [2.05, 4.69) is 47.1 Å². The fraction of sp³-hybridized carbons (Fsp3) is 0.476. The maximum absolute atomic E-state index is 13.2. The number of hydrogen-bond acceptors (Lipinski definition) is 5. The number of fused-ring (bicyclic) bond motifs is 3. The molecule has 1 fully saturated rings. The second-order valence-electron chi connectivity index (χ2n) is 8.14. The summed E-state index contributed by atoms with van der Waals surface area (Å²) in [7, 11) is -3.13. The van der Waals surface area contributed by atoms with Gasteiger partial charge in [0.15, 0.2) is 0 Å². The molecule has 0 amide bonds. The monoisotopic (exact) mass is 434 g/mol. The number of ether oxygens (including phenoxy) is 1. The molecule has 4 aliphatic rings. The summed E-state index contributed by atoms with van der Waals surface area (Å²) < 4.78 is 37.0. The van der Waals surface area contributed by atoms with Crippen LogP contribution in [0, 0.1) is 5.92 Å². The zero-order valence-electron chi connectivity index (χ0n) is 17.0. The lowest BCUT2D eigenvalue weighted by Crippen LogP contribution is -2.63. The number of hydrogen-bond donors (Lipinski definition) is 3. The molecule has 0 radical (unpaired) electrons. The number of carbonyl (C=O) groups is 1. The van der Waals surface area contributed by atoms with Gasteiger partial charge in [-0.15, -0.1) is 0 Å². The second-order valence-corrected chi connectivity index (χ2v) is 9.04. The number of H-pyrrole nitrogens is 1. The van der Waals surface area contributed by atoms with Crippen LogP contribution in [0.15, 0.2) is 35.9 Å². The summed E-state index contributed by atoms with van der Waals surface area (Å²) in [4.78, 5) is 19.4. The lowest BCUT2D eigenvalue weighted by Gasteiger charge is -2.53. The fourth-order valence-corrected chi connectivity index (χ4v) is 5.71. The molecule has 4 unspecified atom stereocenters. The number of nitrogens with one attached hydrogen (secondary N) is 1. The highest BCUT2D eigenvalue weighted by atomic mass is 32.3. The average molecular weight is 435 g/mol. The normalized spacial score (nSPS) is 29.3. The quantitative estimate of drug-likeness (QED) is 0.377. The molecule has 3 N–H and O–H groups in total. The van der Waals surface area contributed by atoms with E-state index in [0.29, 0.717) is 5.92 Å². The number of aromatic amines is 1. The number of nitrogens with zero attached hydrogens (tertiary/aromatic N) is 1. The van der Waals surface area contributed by atoms with E-state index in [9.17, 15) is 4.79 Å². The van der Waals surface area contributed by atoms with Crippen molar-refractivity contribution in [2.45, 2.75) is 37.6 Å². The summed E-state index contributed by atoms with van der Waals surface area (Å²) in [5, 5.41) is 1.26. The molecule has 1 aromatic heterocycles. The molecule has 0 spiro atoms. The van der Waals surface area contributed by atoms with E-state index in [-0.39, 0.29) is 12.0 Å². The van der Waals surface area contributed by atoms with Crippen molar-refractivity contribution in [3.05, 3.63) is 47.2 Å². The fourth-order valence-electron chi connectivity index (χ4n) is 5.71. The van der Waals surface area contributed by atoms with Gasteiger partial charge in [0.05, 0.1) is 13.2 Å². The number of benzene rings is 1. The second kappa shape index (κ2) is 7.49. The summed E-state index contributed by atoms with van der Waals surface area (Å²) in [5.74, 6) is 0.345. The number of aromatic nitrogens is 1. The van der Waals surface area contributed by atoms with Crippen molar-refractivity contribution in [3.63, 3.8) is 0 Å². The van der Waals surface area contributed by atoms with E-state index in [1.807, 2.05) is 0 Å². The van der Waals surface area contributed by atoms with Crippen LogP contribution in [0.2, 0.25) is 0 Å². The lowest BCUT2D eigenvalue weighted by atomic mass is 9.60. The minimum Gasteiger partial charge on any atom is -0.468 e. The SMILES string of the molecule is CCC1=CC2CN3CCc4c([nH]c5ccccc45)C(C(=O)OC)(C2)C13.O=S(=O)(O)O. The Labute approximate surface area is 175 Å². The summed E-state index contributed by atoms with van der Waals surface area (Å²) in [5.41, 5.74) is 4.36. The van der Waals surface area contributed by atoms with Crippen LogP contribution in [0.25, 0.3) is 10.9 Å². The van der Waals surface area contributed by atoms with E-state index < -0.39 is 15.8 Å². The van der Waals surface area contributed by atoms with Gasteiger partial charge in [0.25, 0.3) is 0 Å². The Morgan fingerprint density at radius 1 is 1.33 bits per heavy atom. The van der Waals surface area contributed by atoms with Gasteiger partial charge in [-0.25, -0.2) is 0 Å². The van der Waals surface area contributed by atoms with Crippen LogP contribution in [0.5, 0.6) is 0 Å². The van der Waals surface area contributed by atoms with E-state index >= 15 is 0 Å². The molecule has 4 bridgehead atoms. The van der Waals surface area contributed by atoms with Gasteiger partial charge in [0.2, 0.25) is 0 Å². The van der Waals surface area contributed by atoms with Crippen LogP contribution in [-0.4, -0.2) is 59.6 Å². The van der Waals surface area contributed by atoms with Crippen molar-refractivity contribution in [2.24, 2.45) is 5.92 Å². The molecule has 0 saturated carbocycles. The minimum absolute atomic E-state index is 0.0824. The van der Waals surface area contributed by atoms with Crippen LogP contribution in [0.3, 0.4) is 0 Å². The molecule has 8 nitrogen and oxygen atoms in total. The van der Waals surface area contributed by atoms with Gasteiger partial charge < -0.3 is 9.72 Å². The van der Waals surface area contributed by atoms with Crippen LogP contribution < -0.4 is 0 Å². The highest BCUT2D eigenvalue weighted by Gasteiger charge is 2.60. The first-order valence-electron chi connectivity index (χ1n) is 10.0. The van der Waals surface area contributed by atoms with Gasteiger partial charge in [-0.2, -0.15) is 8.42 Å². The summed E-state index contributed by atoms with van der Waals surface area (Å²) in [6, 6.07) is 8.56. The van der Waals surface area contributed by atoms with E-state index in [4.69, 9.17) is 22.3 Å². The van der Waals surface area contributed by atoms with Gasteiger partial charge in [0.1, 0.15) is 5.41 Å². The number of methoxy groups -OCH3 is 1. The van der Waals surface area contributed by atoms with Gasteiger partial charge in [-0.05, 0) is 36.8 Å². The Morgan fingerprint density at radius 2 is 2.03 bits per heavy atom. The maximum atomic E-state index is 13.2. The molecule has 3 aliphatic heterocycles.